The van der Waals surface area contributed by atoms with Gasteiger partial charge in [-0.3, -0.25) is 5.01 Å². The van der Waals surface area contributed by atoms with Crippen molar-refractivity contribution in [2.24, 2.45) is 5.10 Å². The van der Waals surface area contributed by atoms with Gasteiger partial charge in [-0.15, -0.1) is 6.58 Å². The van der Waals surface area contributed by atoms with E-state index in [2.05, 4.69) is 11.7 Å². The third-order valence-corrected chi connectivity index (χ3v) is 1.59. The zero-order valence-corrected chi connectivity index (χ0v) is 6.77. The fourth-order valence-electron chi connectivity index (χ4n) is 0.840. The zero-order valence-electron chi connectivity index (χ0n) is 5.95. The van der Waals surface area contributed by atoms with Gasteiger partial charge < -0.3 is 17.5 Å². The molecule has 0 fully saturated rings. The smallest absolute Gasteiger partial charge is 0.106 e. The second kappa shape index (κ2) is 2.88. The molecular formula is C6H10N3S-. The first-order valence-electron chi connectivity index (χ1n) is 3.06. The van der Waals surface area contributed by atoms with Crippen molar-refractivity contribution >= 4 is 17.8 Å². The van der Waals surface area contributed by atoms with E-state index in [9.17, 15) is 0 Å². The minimum atomic E-state index is 0.655. The van der Waals surface area contributed by atoms with Gasteiger partial charge in [0.15, 0.2) is 0 Å². The Labute approximate surface area is 66.4 Å². The Morgan fingerprint density at radius 2 is 2.60 bits per heavy atom. The van der Waals surface area contributed by atoms with Gasteiger partial charge in [-0.1, -0.05) is 6.08 Å². The summed E-state index contributed by atoms with van der Waals surface area (Å²) >= 11 is 4.95. The van der Waals surface area contributed by atoms with Crippen molar-refractivity contribution in [2.45, 2.75) is 0 Å². The SMILES string of the molecule is C=CCN1CN(C)N=C1[S-]. The second-order valence-corrected chi connectivity index (χ2v) is 2.56. The Hall–Kier alpha value is -0.770. The maximum atomic E-state index is 4.95. The van der Waals surface area contributed by atoms with Crippen molar-refractivity contribution in [1.29, 1.82) is 0 Å². The highest BCUT2D eigenvalue weighted by molar-refractivity contribution is 7.77. The summed E-state index contributed by atoms with van der Waals surface area (Å²) < 4.78 is 0. The molecule has 0 bridgehead atoms. The summed E-state index contributed by atoms with van der Waals surface area (Å²) in [7, 11) is 1.90. The third kappa shape index (κ3) is 1.39. The molecule has 0 amide bonds. The minimum Gasteiger partial charge on any atom is -0.741 e. The maximum absolute atomic E-state index is 4.95. The van der Waals surface area contributed by atoms with E-state index in [0.29, 0.717) is 5.17 Å². The van der Waals surface area contributed by atoms with Crippen LogP contribution in [0.1, 0.15) is 0 Å². The summed E-state index contributed by atoms with van der Waals surface area (Å²) in [5, 5.41) is 6.50. The van der Waals surface area contributed by atoms with Gasteiger partial charge >= 0.3 is 0 Å². The topological polar surface area (TPSA) is 18.8 Å². The standard InChI is InChI=1S/C6H11N3S/c1-3-4-9-5-8(2)7-6(9)10/h3H,1,4-5H2,2H3,(H,7,10)/p-1. The second-order valence-electron chi connectivity index (χ2n) is 2.19. The van der Waals surface area contributed by atoms with Crippen LogP contribution in [0.5, 0.6) is 0 Å². The molecule has 0 aliphatic carbocycles. The molecule has 1 heterocycles. The van der Waals surface area contributed by atoms with Crippen LogP contribution in [0.4, 0.5) is 0 Å². The van der Waals surface area contributed by atoms with Crippen LogP contribution in [0, 0.1) is 0 Å². The number of hydrogen-bond donors (Lipinski definition) is 0. The summed E-state index contributed by atoms with van der Waals surface area (Å²) in [4.78, 5) is 1.97. The van der Waals surface area contributed by atoms with E-state index in [0.717, 1.165) is 13.2 Å². The number of rotatable bonds is 2. The third-order valence-electron chi connectivity index (χ3n) is 1.25. The zero-order chi connectivity index (χ0) is 7.56. The van der Waals surface area contributed by atoms with Crippen molar-refractivity contribution in [3.63, 3.8) is 0 Å². The highest BCUT2D eigenvalue weighted by Crippen LogP contribution is 2.03. The molecule has 4 heteroatoms. The fourth-order valence-corrected chi connectivity index (χ4v) is 1.11. The largest absolute Gasteiger partial charge is 0.741 e. The van der Waals surface area contributed by atoms with E-state index >= 15 is 0 Å². The monoisotopic (exact) mass is 156 g/mol. The fraction of sp³-hybridized carbons (Fsp3) is 0.500. The predicted octanol–water partition coefficient (Wildman–Crippen LogP) is 0.195. The molecule has 0 aromatic carbocycles. The first-order valence-corrected chi connectivity index (χ1v) is 3.47. The van der Waals surface area contributed by atoms with Crippen molar-refractivity contribution in [3.05, 3.63) is 12.7 Å². The molecular weight excluding hydrogens is 146 g/mol. The number of hydrazone groups is 1. The Kier molecular flexibility index (Phi) is 2.11. The van der Waals surface area contributed by atoms with Gasteiger partial charge in [0.05, 0.1) is 0 Å². The number of amidine groups is 1. The lowest BCUT2D eigenvalue weighted by Crippen LogP contribution is -2.28. The molecule has 0 radical (unpaired) electrons. The van der Waals surface area contributed by atoms with E-state index < -0.39 is 0 Å². The average Bonchev–Trinajstić information content (AvgIpc) is 2.13. The first-order chi connectivity index (χ1) is 4.74. The minimum absolute atomic E-state index is 0.655. The summed E-state index contributed by atoms with van der Waals surface area (Å²) in [5.74, 6) is 0. The Bertz CT molecular complexity index is 166. The quantitative estimate of drug-likeness (QED) is 0.420. The van der Waals surface area contributed by atoms with Crippen LogP contribution in [-0.4, -0.2) is 35.3 Å². The summed E-state index contributed by atoms with van der Waals surface area (Å²) in [6.45, 7) is 5.19. The molecule has 0 saturated carbocycles. The molecule has 1 aliphatic heterocycles. The highest BCUT2D eigenvalue weighted by atomic mass is 32.1. The molecule has 0 atom stereocenters. The van der Waals surface area contributed by atoms with E-state index in [-0.39, 0.29) is 0 Å². The predicted molar refractivity (Wildman–Crippen MR) is 44.3 cm³/mol. The van der Waals surface area contributed by atoms with E-state index in [1.807, 2.05) is 23.0 Å². The van der Waals surface area contributed by atoms with Crippen LogP contribution in [0.25, 0.3) is 0 Å². The molecule has 3 nitrogen and oxygen atoms in total. The lowest BCUT2D eigenvalue weighted by Gasteiger charge is -2.21. The molecule has 0 unspecified atom stereocenters. The summed E-state index contributed by atoms with van der Waals surface area (Å²) in [6, 6.07) is 0. The van der Waals surface area contributed by atoms with Crippen LogP contribution < -0.4 is 0 Å². The molecule has 0 spiro atoms. The van der Waals surface area contributed by atoms with Gasteiger partial charge in [-0.05, 0) is 0 Å². The Morgan fingerprint density at radius 3 is 3.00 bits per heavy atom. The van der Waals surface area contributed by atoms with Crippen LogP contribution in [-0.2, 0) is 12.6 Å². The summed E-state index contributed by atoms with van der Waals surface area (Å²) in [6.07, 6.45) is 1.82. The number of hydrogen-bond acceptors (Lipinski definition) is 4. The van der Waals surface area contributed by atoms with E-state index in [1.165, 1.54) is 0 Å². The van der Waals surface area contributed by atoms with E-state index in [4.69, 9.17) is 12.6 Å². The van der Waals surface area contributed by atoms with Gasteiger partial charge in [0.2, 0.25) is 0 Å². The average molecular weight is 156 g/mol. The van der Waals surface area contributed by atoms with Gasteiger partial charge in [-0.25, -0.2) is 0 Å². The first kappa shape index (κ1) is 7.34. The molecule has 0 aromatic heterocycles. The molecule has 56 valence electrons. The van der Waals surface area contributed by atoms with Gasteiger partial charge in [0, 0.05) is 18.8 Å². The lowest BCUT2D eigenvalue weighted by molar-refractivity contribution is 0.291. The lowest BCUT2D eigenvalue weighted by atomic mass is 10.6. The maximum Gasteiger partial charge on any atom is 0.106 e. The van der Waals surface area contributed by atoms with Crippen molar-refractivity contribution < 1.29 is 0 Å². The summed E-state index contributed by atoms with van der Waals surface area (Å²) in [5.41, 5.74) is 0. The normalized spacial score (nSPS) is 17.5. The molecule has 1 rings (SSSR count). The highest BCUT2D eigenvalue weighted by Gasteiger charge is 2.08. The van der Waals surface area contributed by atoms with Gasteiger partial charge in [-0.2, -0.15) is 5.10 Å². The van der Waals surface area contributed by atoms with Crippen LogP contribution in [0.2, 0.25) is 0 Å². The number of nitrogens with zero attached hydrogens (tertiary/aromatic N) is 3. The molecule has 1 aliphatic rings. The molecule has 0 aromatic rings. The van der Waals surface area contributed by atoms with Crippen molar-refractivity contribution in [1.82, 2.24) is 9.91 Å². The molecule has 10 heavy (non-hydrogen) atoms. The van der Waals surface area contributed by atoms with E-state index in [1.54, 1.807) is 0 Å². The Balaban J connectivity index is 2.50. The van der Waals surface area contributed by atoms with Crippen molar-refractivity contribution in [2.75, 3.05) is 20.3 Å². The molecule has 0 saturated heterocycles. The Morgan fingerprint density at radius 1 is 1.90 bits per heavy atom. The van der Waals surface area contributed by atoms with Crippen LogP contribution in [0.15, 0.2) is 17.8 Å². The van der Waals surface area contributed by atoms with Gasteiger partial charge in [0.25, 0.3) is 0 Å². The van der Waals surface area contributed by atoms with Crippen molar-refractivity contribution in [3.8, 4) is 0 Å². The van der Waals surface area contributed by atoms with Crippen LogP contribution >= 0.6 is 0 Å². The van der Waals surface area contributed by atoms with Gasteiger partial charge in [0.1, 0.15) is 6.67 Å². The van der Waals surface area contributed by atoms with Crippen LogP contribution in [0.3, 0.4) is 0 Å². The molecule has 0 N–H and O–H groups in total.